The maximum atomic E-state index is 10.7. The van der Waals surface area contributed by atoms with Crippen molar-refractivity contribution >= 4 is 17.7 Å². The van der Waals surface area contributed by atoms with Crippen LogP contribution in [0.15, 0.2) is 10.7 Å². The van der Waals surface area contributed by atoms with Gasteiger partial charge in [-0.3, -0.25) is 0 Å². The Morgan fingerprint density at radius 3 is 2.75 bits per heavy atom. The first kappa shape index (κ1) is 9.45. The maximum absolute atomic E-state index is 10.7. The van der Waals surface area contributed by atoms with Gasteiger partial charge in [0.2, 0.25) is 0 Å². The van der Waals surface area contributed by atoms with Crippen molar-refractivity contribution in [3.63, 3.8) is 0 Å². The highest BCUT2D eigenvalue weighted by molar-refractivity contribution is 8.04. The maximum Gasteiger partial charge on any atom is 0.345 e. The van der Waals surface area contributed by atoms with Crippen molar-refractivity contribution < 1.29 is 14.6 Å². The van der Waals surface area contributed by atoms with Crippen molar-refractivity contribution in [2.75, 3.05) is 12.4 Å². The molecule has 1 rings (SSSR count). The molecule has 0 spiro atoms. The molecule has 0 saturated heterocycles. The molecule has 0 radical (unpaired) electrons. The molecule has 4 heteroatoms. The van der Waals surface area contributed by atoms with Crippen LogP contribution in [0.1, 0.15) is 13.8 Å². The van der Waals surface area contributed by atoms with E-state index in [4.69, 9.17) is 9.84 Å². The van der Waals surface area contributed by atoms with Crippen LogP contribution < -0.4 is 0 Å². The molecular weight excluding hydrogens is 176 g/mol. The van der Waals surface area contributed by atoms with E-state index in [1.54, 1.807) is 0 Å². The normalized spacial score (nSPS) is 17.9. The molecule has 12 heavy (non-hydrogen) atoms. The van der Waals surface area contributed by atoms with Crippen LogP contribution in [0.4, 0.5) is 0 Å². The molecule has 0 aromatic rings. The number of hydrogen-bond acceptors (Lipinski definition) is 3. The second kappa shape index (κ2) is 3.85. The zero-order valence-corrected chi connectivity index (χ0v) is 7.98. The summed E-state index contributed by atoms with van der Waals surface area (Å²) in [6.07, 6.45) is 0. The number of hydrogen-bond donors (Lipinski definition) is 1. The summed E-state index contributed by atoms with van der Waals surface area (Å²) in [7, 11) is 0. The zero-order valence-electron chi connectivity index (χ0n) is 7.16. The van der Waals surface area contributed by atoms with Crippen LogP contribution >= 0.6 is 11.8 Å². The third-order valence-electron chi connectivity index (χ3n) is 1.53. The smallest absolute Gasteiger partial charge is 0.345 e. The van der Waals surface area contributed by atoms with Crippen molar-refractivity contribution in [3.05, 3.63) is 10.7 Å². The first-order valence-electron chi connectivity index (χ1n) is 3.86. The summed E-state index contributed by atoms with van der Waals surface area (Å²) in [5.74, 6) is 0.642. The standard InChI is InChI=1S/C8H12O3S/c1-5(2)6-7(8(9)10)12-4-3-11-6/h5H,3-4H2,1-2H3,(H,9,10). The van der Waals surface area contributed by atoms with E-state index in [0.717, 1.165) is 5.75 Å². The molecule has 0 unspecified atom stereocenters. The molecule has 0 fully saturated rings. The second-order valence-corrected chi connectivity index (χ2v) is 3.96. The van der Waals surface area contributed by atoms with Crippen molar-refractivity contribution in [2.24, 2.45) is 5.92 Å². The Kier molecular flexibility index (Phi) is 3.03. The molecule has 0 saturated carbocycles. The summed E-state index contributed by atoms with van der Waals surface area (Å²) < 4.78 is 5.29. The fraction of sp³-hybridized carbons (Fsp3) is 0.625. The predicted molar refractivity (Wildman–Crippen MR) is 47.9 cm³/mol. The lowest BCUT2D eigenvalue weighted by Crippen LogP contribution is -2.15. The van der Waals surface area contributed by atoms with Crippen LogP contribution in [0.25, 0.3) is 0 Å². The quantitative estimate of drug-likeness (QED) is 0.716. The lowest BCUT2D eigenvalue weighted by molar-refractivity contribution is -0.132. The number of allylic oxidation sites excluding steroid dienone is 1. The summed E-state index contributed by atoms with van der Waals surface area (Å²) in [5.41, 5.74) is 0. The van der Waals surface area contributed by atoms with E-state index in [9.17, 15) is 4.79 Å². The minimum atomic E-state index is -0.872. The number of thioether (sulfide) groups is 1. The SMILES string of the molecule is CC(C)C1=C(C(=O)O)SCCO1. The summed E-state index contributed by atoms with van der Waals surface area (Å²) in [4.78, 5) is 11.1. The van der Waals surface area contributed by atoms with E-state index in [1.807, 2.05) is 13.8 Å². The molecule has 1 heterocycles. The highest BCUT2D eigenvalue weighted by atomic mass is 32.2. The van der Waals surface area contributed by atoms with Crippen molar-refractivity contribution in [1.29, 1.82) is 0 Å². The molecule has 1 aliphatic heterocycles. The van der Waals surface area contributed by atoms with Gasteiger partial charge in [-0.2, -0.15) is 0 Å². The van der Waals surface area contributed by atoms with E-state index in [2.05, 4.69) is 0 Å². The second-order valence-electron chi connectivity index (χ2n) is 2.85. The van der Waals surface area contributed by atoms with Gasteiger partial charge < -0.3 is 9.84 Å². The zero-order chi connectivity index (χ0) is 9.14. The molecule has 0 atom stereocenters. The van der Waals surface area contributed by atoms with E-state index in [-0.39, 0.29) is 5.92 Å². The van der Waals surface area contributed by atoms with Gasteiger partial charge in [0, 0.05) is 11.7 Å². The summed E-state index contributed by atoms with van der Waals surface area (Å²) in [5, 5.41) is 8.80. The molecule has 3 nitrogen and oxygen atoms in total. The van der Waals surface area contributed by atoms with Crippen molar-refractivity contribution in [1.82, 2.24) is 0 Å². The topological polar surface area (TPSA) is 46.5 Å². The van der Waals surface area contributed by atoms with Gasteiger partial charge in [0.15, 0.2) is 0 Å². The first-order chi connectivity index (χ1) is 5.63. The van der Waals surface area contributed by atoms with Gasteiger partial charge in [-0.15, -0.1) is 11.8 Å². The van der Waals surface area contributed by atoms with Crippen LogP contribution in [0.5, 0.6) is 0 Å². The Bertz CT molecular complexity index is 220. The lowest BCUT2D eigenvalue weighted by Gasteiger charge is -2.20. The first-order valence-corrected chi connectivity index (χ1v) is 4.84. The fourth-order valence-corrected chi connectivity index (χ4v) is 1.96. The average Bonchev–Trinajstić information content (AvgIpc) is 2.04. The number of ether oxygens (including phenoxy) is 1. The third-order valence-corrected chi connectivity index (χ3v) is 2.56. The van der Waals surface area contributed by atoms with Crippen LogP contribution in [0, 0.1) is 5.92 Å². The van der Waals surface area contributed by atoms with Gasteiger partial charge in [0.25, 0.3) is 0 Å². The number of carboxylic acids is 1. The van der Waals surface area contributed by atoms with Crippen LogP contribution in [-0.4, -0.2) is 23.4 Å². The fourth-order valence-electron chi connectivity index (χ4n) is 1.03. The molecule has 1 aliphatic rings. The van der Waals surface area contributed by atoms with Gasteiger partial charge in [-0.05, 0) is 0 Å². The van der Waals surface area contributed by atoms with E-state index in [1.165, 1.54) is 11.8 Å². The molecule has 0 aromatic carbocycles. The van der Waals surface area contributed by atoms with Gasteiger partial charge in [0.05, 0.1) is 6.61 Å². The summed E-state index contributed by atoms with van der Waals surface area (Å²) in [6.45, 7) is 4.49. The largest absolute Gasteiger partial charge is 0.495 e. The minimum absolute atomic E-state index is 0.156. The summed E-state index contributed by atoms with van der Waals surface area (Å²) in [6, 6.07) is 0. The molecular formula is C8H12O3S. The number of carbonyl (C=O) groups is 1. The number of carboxylic acid groups (broad SMARTS) is 1. The Hall–Kier alpha value is -0.640. The molecule has 0 aromatic heterocycles. The lowest BCUT2D eigenvalue weighted by atomic mass is 10.1. The Morgan fingerprint density at radius 2 is 2.33 bits per heavy atom. The third kappa shape index (κ3) is 1.94. The molecule has 1 N–H and O–H groups in total. The minimum Gasteiger partial charge on any atom is -0.495 e. The Labute approximate surface area is 75.8 Å². The van der Waals surface area contributed by atoms with E-state index >= 15 is 0 Å². The number of rotatable bonds is 2. The summed E-state index contributed by atoms with van der Waals surface area (Å²) >= 11 is 1.36. The predicted octanol–water partition coefficient (Wildman–Crippen LogP) is 1.70. The van der Waals surface area contributed by atoms with E-state index < -0.39 is 5.97 Å². The van der Waals surface area contributed by atoms with Crippen LogP contribution in [-0.2, 0) is 9.53 Å². The van der Waals surface area contributed by atoms with Crippen LogP contribution in [0.3, 0.4) is 0 Å². The van der Waals surface area contributed by atoms with Gasteiger partial charge >= 0.3 is 5.97 Å². The highest BCUT2D eigenvalue weighted by Crippen LogP contribution is 2.29. The van der Waals surface area contributed by atoms with Gasteiger partial charge in [0.1, 0.15) is 10.7 Å². The Balaban J connectivity index is 2.91. The molecule has 68 valence electrons. The average molecular weight is 188 g/mol. The molecule has 0 bridgehead atoms. The van der Waals surface area contributed by atoms with Crippen molar-refractivity contribution in [3.8, 4) is 0 Å². The van der Waals surface area contributed by atoms with Gasteiger partial charge in [-0.25, -0.2) is 4.79 Å². The highest BCUT2D eigenvalue weighted by Gasteiger charge is 2.22. The molecule has 0 aliphatic carbocycles. The van der Waals surface area contributed by atoms with Crippen LogP contribution in [0.2, 0.25) is 0 Å². The van der Waals surface area contributed by atoms with E-state index in [0.29, 0.717) is 17.3 Å². The monoisotopic (exact) mass is 188 g/mol. The molecule has 0 amide bonds. The number of aliphatic carboxylic acids is 1. The van der Waals surface area contributed by atoms with Crippen molar-refractivity contribution in [2.45, 2.75) is 13.8 Å². The van der Waals surface area contributed by atoms with Gasteiger partial charge in [-0.1, -0.05) is 13.8 Å². The Morgan fingerprint density at radius 1 is 1.67 bits per heavy atom.